The SMILES string of the molecule is COc1cnc(C(=O)O)c(C(F)(F)F)c1C(F)F. The van der Waals surface area contributed by atoms with Crippen molar-refractivity contribution < 1.29 is 36.6 Å². The molecule has 1 N–H and O–H groups in total. The van der Waals surface area contributed by atoms with Gasteiger partial charge in [0, 0.05) is 0 Å². The zero-order valence-electron chi connectivity index (χ0n) is 8.76. The van der Waals surface area contributed by atoms with E-state index in [1.54, 1.807) is 0 Å². The molecule has 0 aliphatic rings. The molecule has 1 rings (SSSR count). The van der Waals surface area contributed by atoms with Gasteiger partial charge in [0.25, 0.3) is 6.43 Å². The van der Waals surface area contributed by atoms with Gasteiger partial charge in [0.2, 0.25) is 0 Å². The summed E-state index contributed by atoms with van der Waals surface area (Å²) in [5.41, 5.74) is -5.01. The molecule has 1 aromatic heterocycles. The summed E-state index contributed by atoms with van der Waals surface area (Å²) in [5.74, 6) is -2.87. The third kappa shape index (κ3) is 2.49. The third-order valence-corrected chi connectivity index (χ3v) is 2.01. The van der Waals surface area contributed by atoms with Crippen LogP contribution in [0.5, 0.6) is 5.75 Å². The lowest BCUT2D eigenvalue weighted by molar-refractivity contribution is -0.140. The van der Waals surface area contributed by atoms with Crippen LogP contribution in [0.25, 0.3) is 0 Å². The molecule has 0 unspecified atom stereocenters. The fraction of sp³-hybridized carbons (Fsp3) is 0.333. The molecule has 1 aromatic rings. The lowest BCUT2D eigenvalue weighted by Crippen LogP contribution is -2.19. The number of alkyl halides is 5. The number of methoxy groups -OCH3 is 1. The molecule has 0 amide bonds. The molecule has 0 fully saturated rings. The van der Waals surface area contributed by atoms with E-state index >= 15 is 0 Å². The molecule has 0 radical (unpaired) electrons. The number of carbonyl (C=O) groups is 1. The molecule has 0 spiro atoms. The summed E-state index contributed by atoms with van der Waals surface area (Å²) in [6.45, 7) is 0. The van der Waals surface area contributed by atoms with Crippen LogP contribution in [0.3, 0.4) is 0 Å². The van der Waals surface area contributed by atoms with Gasteiger partial charge >= 0.3 is 12.1 Å². The number of carboxylic acids is 1. The Morgan fingerprint density at radius 2 is 2.00 bits per heavy atom. The summed E-state index contributed by atoms with van der Waals surface area (Å²) in [7, 11) is 0.878. The van der Waals surface area contributed by atoms with E-state index in [9.17, 15) is 26.7 Å². The summed E-state index contributed by atoms with van der Waals surface area (Å²) in [4.78, 5) is 13.6. The highest BCUT2D eigenvalue weighted by molar-refractivity contribution is 5.88. The molecule has 0 aromatic carbocycles. The molecule has 100 valence electrons. The fourth-order valence-electron chi connectivity index (χ4n) is 1.34. The van der Waals surface area contributed by atoms with Gasteiger partial charge in [0.05, 0.1) is 18.9 Å². The molecule has 0 saturated carbocycles. The second-order valence-electron chi connectivity index (χ2n) is 3.07. The minimum Gasteiger partial charge on any atom is -0.495 e. The number of aromatic nitrogens is 1. The van der Waals surface area contributed by atoms with Crippen LogP contribution < -0.4 is 4.74 Å². The first-order chi connectivity index (χ1) is 8.20. The first-order valence-electron chi connectivity index (χ1n) is 4.35. The Hall–Kier alpha value is -1.93. The highest BCUT2D eigenvalue weighted by atomic mass is 19.4. The zero-order chi connectivity index (χ0) is 14.1. The van der Waals surface area contributed by atoms with Crippen molar-refractivity contribution in [2.75, 3.05) is 7.11 Å². The number of carboxylic acid groups (broad SMARTS) is 1. The smallest absolute Gasteiger partial charge is 0.419 e. The Balaban J connectivity index is 3.71. The summed E-state index contributed by atoms with van der Waals surface area (Å²) in [5, 5.41) is 8.55. The van der Waals surface area contributed by atoms with E-state index in [4.69, 9.17) is 5.11 Å². The molecular formula is C9H6F5NO3. The molecule has 9 heteroatoms. The molecule has 1 heterocycles. The van der Waals surface area contributed by atoms with Crippen molar-refractivity contribution in [3.05, 3.63) is 23.0 Å². The Labute approximate surface area is 97.0 Å². The van der Waals surface area contributed by atoms with Gasteiger partial charge in [-0.25, -0.2) is 18.6 Å². The number of hydrogen-bond donors (Lipinski definition) is 1. The molecule has 0 aliphatic carbocycles. The van der Waals surface area contributed by atoms with Gasteiger partial charge in [-0.1, -0.05) is 0 Å². The average Bonchev–Trinajstić information content (AvgIpc) is 2.25. The number of hydrogen-bond acceptors (Lipinski definition) is 3. The summed E-state index contributed by atoms with van der Waals surface area (Å²) in [6, 6.07) is 0. The number of ether oxygens (including phenoxy) is 1. The molecule has 0 bridgehead atoms. The lowest BCUT2D eigenvalue weighted by atomic mass is 10.1. The molecule has 4 nitrogen and oxygen atoms in total. The lowest BCUT2D eigenvalue weighted by Gasteiger charge is -2.16. The van der Waals surface area contributed by atoms with E-state index in [1.807, 2.05) is 0 Å². The average molecular weight is 271 g/mol. The first kappa shape index (κ1) is 14.1. The second-order valence-corrected chi connectivity index (χ2v) is 3.07. The zero-order valence-corrected chi connectivity index (χ0v) is 8.76. The first-order valence-corrected chi connectivity index (χ1v) is 4.35. The minimum atomic E-state index is -5.28. The van der Waals surface area contributed by atoms with Crippen LogP contribution in [0.1, 0.15) is 28.0 Å². The molecular weight excluding hydrogens is 265 g/mol. The van der Waals surface area contributed by atoms with Crippen molar-refractivity contribution in [3.8, 4) is 5.75 Å². The van der Waals surface area contributed by atoms with E-state index in [2.05, 4.69) is 9.72 Å². The van der Waals surface area contributed by atoms with E-state index in [-0.39, 0.29) is 0 Å². The molecule has 0 atom stereocenters. The monoisotopic (exact) mass is 271 g/mol. The molecule has 0 saturated heterocycles. The van der Waals surface area contributed by atoms with Crippen LogP contribution in [0, 0.1) is 0 Å². The predicted molar refractivity (Wildman–Crippen MR) is 47.7 cm³/mol. The Kier molecular flexibility index (Phi) is 3.73. The Morgan fingerprint density at radius 1 is 1.44 bits per heavy atom. The number of aromatic carboxylic acids is 1. The van der Waals surface area contributed by atoms with Gasteiger partial charge in [0.1, 0.15) is 11.3 Å². The van der Waals surface area contributed by atoms with Crippen LogP contribution in [0.4, 0.5) is 22.0 Å². The largest absolute Gasteiger partial charge is 0.495 e. The van der Waals surface area contributed by atoms with Gasteiger partial charge in [0.15, 0.2) is 5.69 Å². The van der Waals surface area contributed by atoms with E-state index in [1.165, 1.54) is 0 Å². The standard InChI is InChI=1S/C9H6F5NO3/c1-18-3-2-15-6(8(16)17)5(9(12,13)14)4(3)7(10)11/h2,7H,1H3,(H,16,17). The summed E-state index contributed by atoms with van der Waals surface area (Å²) in [6.07, 6.45) is -8.31. The number of rotatable bonds is 3. The topological polar surface area (TPSA) is 59.4 Å². The van der Waals surface area contributed by atoms with Crippen molar-refractivity contribution in [3.63, 3.8) is 0 Å². The van der Waals surface area contributed by atoms with Crippen molar-refractivity contribution in [1.82, 2.24) is 4.98 Å². The third-order valence-electron chi connectivity index (χ3n) is 2.01. The van der Waals surface area contributed by atoms with Crippen molar-refractivity contribution in [2.45, 2.75) is 12.6 Å². The molecule has 18 heavy (non-hydrogen) atoms. The van der Waals surface area contributed by atoms with Crippen LogP contribution in [-0.4, -0.2) is 23.2 Å². The minimum absolute atomic E-state index is 0.514. The highest BCUT2D eigenvalue weighted by Crippen LogP contribution is 2.42. The van der Waals surface area contributed by atoms with Gasteiger partial charge in [-0.2, -0.15) is 13.2 Å². The number of pyridine rings is 1. The quantitative estimate of drug-likeness (QED) is 0.859. The maximum atomic E-state index is 12.7. The normalized spacial score (nSPS) is 11.7. The Bertz CT molecular complexity index is 472. The fourth-order valence-corrected chi connectivity index (χ4v) is 1.34. The van der Waals surface area contributed by atoms with E-state index < -0.39 is 41.1 Å². The molecule has 0 aliphatic heterocycles. The van der Waals surface area contributed by atoms with E-state index in [0.717, 1.165) is 7.11 Å². The van der Waals surface area contributed by atoms with Crippen LogP contribution in [-0.2, 0) is 6.18 Å². The number of halogens is 5. The van der Waals surface area contributed by atoms with Gasteiger partial charge in [-0.05, 0) is 0 Å². The van der Waals surface area contributed by atoms with E-state index in [0.29, 0.717) is 6.20 Å². The van der Waals surface area contributed by atoms with Gasteiger partial charge in [-0.15, -0.1) is 0 Å². The second kappa shape index (κ2) is 4.75. The predicted octanol–water partition coefficient (Wildman–Crippen LogP) is 2.74. The van der Waals surface area contributed by atoms with Crippen molar-refractivity contribution in [1.29, 1.82) is 0 Å². The van der Waals surface area contributed by atoms with Crippen LogP contribution in [0.15, 0.2) is 6.20 Å². The summed E-state index contributed by atoms with van der Waals surface area (Å²) >= 11 is 0. The summed E-state index contributed by atoms with van der Waals surface area (Å²) < 4.78 is 67.6. The highest BCUT2D eigenvalue weighted by Gasteiger charge is 2.42. The van der Waals surface area contributed by atoms with Crippen molar-refractivity contribution in [2.24, 2.45) is 0 Å². The van der Waals surface area contributed by atoms with Crippen LogP contribution in [0.2, 0.25) is 0 Å². The Morgan fingerprint density at radius 3 is 2.33 bits per heavy atom. The van der Waals surface area contributed by atoms with Gasteiger partial charge < -0.3 is 9.84 Å². The maximum Gasteiger partial charge on any atom is 0.419 e. The number of nitrogens with zero attached hydrogens (tertiary/aromatic N) is 1. The van der Waals surface area contributed by atoms with Crippen LogP contribution >= 0.6 is 0 Å². The van der Waals surface area contributed by atoms with Crippen molar-refractivity contribution >= 4 is 5.97 Å². The van der Waals surface area contributed by atoms with Gasteiger partial charge in [-0.3, -0.25) is 0 Å². The maximum absolute atomic E-state index is 12.7.